The summed E-state index contributed by atoms with van der Waals surface area (Å²) in [5.74, 6) is -0.597. The lowest BCUT2D eigenvalue weighted by Gasteiger charge is -2.22. The Bertz CT molecular complexity index is 163. The van der Waals surface area contributed by atoms with Crippen molar-refractivity contribution >= 4 is 0 Å². The summed E-state index contributed by atoms with van der Waals surface area (Å²) in [5.41, 5.74) is 0.676. The molecule has 0 aromatic carbocycles. The summed E-state index contributed by atoms with van der Waals surface area (Å²) >= 11 is 0. The summed E-state index contributed by atoms with van der Waals surface area (Å²) in [4.78, 5) is 0. The predicted octanol–water partition coefficient (Wildman–Crippen LogP) is 0.686. The van der Waals surface area contributed by atoms with E-state index in [0.29, 0.717) is 12.2 Å². The first-order valence-electron chi connectivity index (χ1n) is 3.65. The lowest BCUT2D eigenvalue weighted by Crippen LogP contribution is -2.27. The zero-order chi connectivity index (χ0) is 8.48. The maximum absolute atomic E-state index is 9.29. The van der Waals surface area contributed by atoms with Gasteiger partial charge in [0.05, 0.1) is 13.2 Å². The van der Waals surface area contributed by atoms with Gasteiger partial charge in [0.25, 0.3) is 0 Å². The van der Waals surface area contributed by atoms with Crippen LogP contribution >= 0.6 is 0 Å². The molecule has 0 unspecified atom stereocenters. The summed E-state index contributed by atoms with van der Waals surface area (Å²) in [6.07, 6.45) is -0.586. The van der Waals surface area contributed by atoms with Crippen LogP contribution in [-0.2, 0) is 9.47 Å². The number of rotatable bonds is 0. The largest absolute Gasteiger partial charge is 0.386 e. The molecule has 0 aliphatic carbocycles. The average molecular weight is 158 g/mol. The Kier molecular flexibility index (Phi) is 2.32. The van der Waals surface area contributed by atoms with Crippen molar-refractivity contribution < 1.29 is 14.6 Å². The smallest absolute Gasteiger partial charge is 0.163 e. The molecule has 1 rings (SSSR count). The Morgan fingerprint density at radius 3 is 2.82 bits per heavy atom. The van der Waals surface area contributed by atoms with Gasteiger partial charge >= 0.3 is 0 Å². The van der Waals surface area contributed by atoms with Gasteiger partial charge in [-0.1, -0.05) is 6.58 Å². The van der Waals surface area contributed by atoms with Crippen LogP contribution < -0.4 is 0 Å². The molecule has 3 nitrogen and oxygen atoms in total. The second-order valence-electron chi connectivity index (χ2n) is 3.17. The average Bonchev–Trinajstić information content (AvgIpc) is 2.03. The van der Waals surface area contributed by atoms with E-state index in [1.807, 2.05) is 13.8 Å². The molecule has 64 valence electrons. The zero-order valence-electron chi connectivity index (χ0n) is 6.96. The Morgan fingerprint density at radius 2 is 2.18 bits per heavy atom. The van der Waals surface area contributed by atoms with E-state index in [9.17, 15) is 5.11 Å². The van der Waals surface area contributed by atoms with Crippen LogP contribution in [0.2, 0.25) is 0 Å². The molecule has 0 bridgehead atoms. The monoisotopic (exact) mass is 158 g/mol. The van der Waals surface area contributed by atoms with Gasteiger partial charge in [-0.3, -0.25) is 0 Å². The summed E-state index contributed by atoms with van der Waals surface area (Å²) in [6.45, 7) is 7.94. The molecule has 1 atom stereocenters. The SMILES string of the molecule is C=C1COC(C)(C)OC[C@@H]1O. The summed E-state index contributed by atoms with van der Waals surface area (Å²) in [7, 11) is 0. The first-order chi connectivity index (χ1) is 5.01. The van der Waals surface area contributed by atoms with E-state index in [1.165, 1.54) is 0 Å². The van der Waals surface area contributed by atoms with Crippen LogP contribution in [0, 0.1) is 0 Å². The Hall–Kier alpha value is -0.380. The summed E-state index contributed by atoms with van der Waals surface area (Å²) in [6, 6.07) is 0. The van der Waals surface area contributed by atoms with E-state index in [2.05, 4.69) is 6.58 Å². The van der Waals surface area contributed by atoms with E-state index in [1.54, 1.807) is 0 Å². The number of aliphatic hydroxyl groups excluding tert-OH is 1. The van der Waals surface area contributed by atoms with Crippen molar-refractivity contribution in [2.75, 3.05) is 13.2 Å². The highest BCUT2D eigenvalue weighted by Crippen LogP contribution is 2.18. The van der Waals surface area contributed by atoms with Crippen LogP contribution in [0.25, 0.3) is 0 Å². The molecular formula is C8H14O3. The molecule has 3 heteroatoms. The third-order valence-electron chi connectivity index (χ3n) is 1.67. The van der Waals surface area contributed by atoms with Crippen molar-refractivity contribution in [1.82, 2.24) is 0 Å². The fraction of sp³-hybridized carbons (Fsp3) is 0.750. The van der Waals surface area contributed by atoms with Crippen molar-refractivity contribution in [2.45, 2.75) is 25.7 Å². The lowest BCUT2D eigenvalue weighted by molar-refractivity contribution is -0.202. The minimum Gasteiger partial charge on any atom is -0.386 e. The Morgan fingerprint density at radius 1 is 1.55 bits per heavy atom. The van der Waals surface area contributed by atoms with E-state index in [-0.39, 0.29) is 6.61 Å². The van der Waals surface area contributed by atoms with Crippen LogP contribution in [0.15, 0.2) is 12.2 Å². The van der Waals surface area contributed by atoms with Gasteiger partial charge in [0.2, 0.25) is 0 Å². The van der Waals surface area contributed by atoms with Crippen LogP contribution in [0.1, 0.15) is 13.8 Å². The molecule has 1 heterocycles. The van der Waals surface area contributed by atoms with Crippen LogP contribution in [-0.4, -0.2) is 30.2 Å². The molecule has 0 aromatic rings. The molecule has 1 aliphatic rings. The molecule has 0 spiro atoms. The van der Waals surface area contributed by atoms with Gasteiger partial charge in [-0.2, -0.15) is 0 Å². The fourth-order valence-corrected chi connectivity index (χ4v) is 0.802. The number of hydrogen-bond donors (Lipinski definition) is 1. The van der Waals surface area contributed by atoms with Crippen molar-refractivity contribution in [3.05, 3.63) is 12.2 Å². The fourth-order valence-electron chi connectivity index (χ4n) is 0.802. The number of ether oxygens (including phenoxy) is 2. The van der Waals surface area contributed by atoms with E-state index < -0.39 is 11.9 Å². The van der Waals surface area contributed by atoms with E-state index in [0.717, 1.165) is 0 Å². The zero-order valence-corrected chi connectivity index (χ0v) is 6.96. The molecule has 1 saturated heterocycles. The maximum Gasteiger partial charge on any atom is 0.163 e. The summed E-state index contributed by atoms with van der Waals surface area (Å²) in [5, 5.41) is 9.29. The minimum absolute atomic E-state index is 0.270. The highest BCUT2D eigenvalue weighted by atomic mass is 16.7. The number of hydrogen-bond acceptors (Lipinski definition) is 3. The molecule has 1 fully saturated rings. The second-order valence-corrected chi connectivity index (χ2v) is 3.17. The Labute approximate surface area is 66.6 Å². The molecule has 0 amide bonds. The standard InChI is InChI=1S/C8H14O3/c1-6-4-10-8(2,3)11-5-7(6)9/h7,9H,1,4-5H2,2-3H3/t7-/m0/s1. The van der Waals surface area contributed by atoms with Gasteiger partial charge in [0.1, 0.15) is 6.10 Å². The maximum atomic E-state index is 9.29. The van der Waals surface area contributed by atoms with Gasteiger partial charge in [0, 0.05) is 0 Å². The van der Waals surface area contributed by atoms with Crippen molar-refractivity contribution in [3.63, 3.8) is 0 Å². The molecular weight excluding hydrogens is 144 g/mol. The predicted molar refractivity (Wildman–Crippen MR) is 41.1 cm³/mol. The molecule has 0 radical (unpaired) electrons. The van der Waals surface area contributed by atoms with Crippen molar-refractivity contribution in [3.8, 4) is 0 Å². The first-order valence-corrected chi connectivity index (χ1v) is 3.65. The third-order valence-corrected chi connectivity index (χ3v) is 1.67. The molecule has 0 saturated carbocycles. The van der Waals surface area contributed by atoms with Crippen LogP contribution in [0.4, 0.5) is 0 Å². The second kappa shape index (κ2) is 2.93. The van der Waals surface area contributed by atoms with E-state index in [4.69, 9.17) is 9.47 Å². The van der Waals surface area contributed by atoms with Gasteiger partial charge < -0.3 is 14.6 Å². The van der Waals surface area contributed by atoms with Gasteiger partial charge in [-0.25, -0.2) is 0 Å². The van der Waals surface area contributed by atoms with Gasteiger partial charge in [-0.15, -0.1) is 0 Å². The molecule has 0 aromatic heterocycles. The van der Waals surface area contributed by atoms with Gasteiger partial charge in [-0.05, 0) is 19.4 Å². The minimum atomic E-state index is -0.597. The molecule has 1 N–H and O–H groups in total. The highest BCUT2D eigenvalue weighted by Gasteiger charge is 2.26. The van der Waals surface area contributed by atoms with Crippen molar-refractivity contribution in [1.29, 1.82) is 0 Å². The lowest BCUT2D eigenvalue weighted by atomic mass is 10.2. The van der Waals surface area contributed by atoms with Crippen LogP contribution in [0.5, 0.6) is 0 Å². The third kappa shape index (κ3) is 2.29. The summed E-state index contributed by atoms with van der Waals surface area (Å²) < 4.78 is 10.5. The molecule has 11 heavy (non-hydrogen) atoms. The van der Waals surface area contributed by atoms with Gasteiger partial charge in [0.15, 0.2) is 5.79 Å². The topological polar surface area (TPSA) is 38.7 Å². The highest BCUT2D eigenvalue weighted by molar-refractivity contribution is 5.03. The Balaban J connectivity index is 2.58. The van der Waals surface area contributed by atoms with Crippen molar-refractivity contribution in [2.24, 2.45) is 0 Å². The first kappa shape index (κ1) is 8.71. The van der Waals surface area contributed by atoms with E-state index >= 15 is 0 Å². The number of aliphatic hydroxyl groups is 1. The quantitative estimate of drug-likeness (QED) is 0.527. The normalized spacial score (nSPS) is 31.5. The van der Waals surface area contributed by atoms with Crippen LogP contribution in [0.3, 0.4) is 0 Å². The molecule has 1 aliphatic heterocycles.